The fourth-order valence-corrected chi connectivity index (χ4v) is 4.11. The van der Waals surface area contributed by atoms with Crippen molar-refractivity contribution in [1.29, 1.82) is 0 Å². The van der Waals surface area contributed by atoms with E-state index in [4.69, 9.17) is 14.2 Å². The van der Waals surface area contributed by atoms with Gasteiger partial charge in [-0.2, -0.15) is 0 Å². The molecule has 7 heteroatoms. The van der Waals surface area contributed by atoms with Gasteiger partial charge in [-0.05, 0) is 24.2 Å². The van der Waals surface area contributed by atoms with Crippen molar-refractivity contribution in [2.24, 2.45) is 0 Å². The van der Waals surface area contributed by atoms with Crippen LogP contribution in [-0.2, 0) is 27.5 Å². The van der Waals surface area contributed by atoms with E-state index in [0.717, 1.165) is 34.8 Å². The average Bonchev–Trinajstić information content (AvgIpc) is 3.08. The van der Waals surface area contributed by atoms with Crippen molar-refractivity contribution in [3.8, 4) is 11.3 Å². The van der Waals surface area contributed by atoms with E-state index >= 15 is 0 Å². The molecule has 3 aromatic rings. The van der Waals surface area contributed by atoms with E-state index in [-0.39, 0.29) is 5.56 Å². The molecule has 0 amide bonds. The quantitative estimate of drug-likeness (QED) is 0.273. The van der Waals surface area contributed by atoms with Gasteiger partial charge in [0.2, 0.25) is 0 Å². The first kappa shape index (κ1) is 22.5. The summed E-state index contributed by atoms with van der Waals surface area (Å²) in [6.07, 6.45) is 1.38. The van der Waals surface area contributed by atoms with E-state index < -0.39 is 14.4 Å². The number of aromatic nitrogens is 2. The van der Waals surface area contributed by atoms with Gasteiger partial charge in [-0.25, -0.2) is 0 Å². The molecule has 0 unspecified atom stereocenters. The van der Waals surface area contributed by atoms with Gasteiger partial charge in [0, 0.05) is 52.1 Å². The van der Waals surface area contributed by atoms with Gasteiger partial charge in [0.05, 0.1) is 17.8 Å². The van der Waals surface area contributed by atoms with Crippen molar-refractivity contribution in [3.63, 3.8) is 0 Å². The van der Waals surface area contributed by atoms with Gasteiger partial charge < -0.3 is 23.3 Å². The Morgan fingerprint density at radius 3 is 2.47 bits per heavy atom. The summed E-state index contributed by atoms with van der Waals surface area (Å²) in [5.41, 5.74) is 2.99. The number of fused-ring (bicyclic) bond motifs is 1. The van der Waals surface area contributed by atoms with Crippen LogP contribution >= 0.6 is 0 Å². The summed E-state index contributed by atoms with van der Waals surface area (Å²) in [5.74, 6) is 0. The van der Waals surface area contributed by atoms with E-state index in [1.807, 2.05) is 24.4 Å². The molecule has 0 bridgehead atoms. The predicted molar refractivity (Wildman–Crippen MR) is 124 cm³/mol. The smallest absolute Gasteiger partial charge is 0.250 e. The third-order valence-electron chi connectivity index (χ3n) is 5.18. The molecule has 30 heavy (non-hydrogen) atoms. The molecular formula is C23H32N2O4Si. The molecule has 2 heterocycles. The maximum absolute atomic E-state index is 12.4. The molecule has 0 aliphatic carbocycles. The number of hydrogen-bond donors (Lipinski definition) is 0. The van der Waals surface area contributed by atoms with E-state index in [2.05, 4.69) is 42.4 Å². The number of hydrogen-bond acceptors (Lipinski definition) is 4. The molecule has 0 N–H and O–H groups in total. The highest BCUT2D eigenvalue weighted by Gasteiger charge is 2.15. The second kappa shape index (κ2) is 9.74. The van der Waals surface area contributed by atoms with Gasteiger partial charge in [-0.15, -0.1) is 0 Å². The van der Waals surface area contributed by atoms with E-state index in [1.165, 1.54) is 0 Å². The van der Waals surface area contributed by atoms with Crippen molar-refractivity contribution < 1.29 is 14.2 Å². The van der Waals surface area contributed by atoms with Crippen LogP contribution in [0, 0.1) is 0 Å². The third-order valence-corrected chi connectivity index (χ3v) is 6.88. The number of ether oxygens (including phenoxy) is 3. The Kier molecular flexibility index (Phi) is 7.30. The zero-order valence-electron chi connectivity index (χ0n) is 18.6. The number of pyridine rings is 1. The highest BCUT2D eigenvalue weighted by Crippen LogP contribution is 2.28. The summed E-state index contributed by atoms with van der Waals surface area (Å²) in [6, 6.07) is 15.0. The maximum Gasteiger partial charge on any atom is 0.250 e. The van der Waals surface area contributed by atoms with Crippen LogP contribution in [0.1, 0.15) is 0 Å². The van der Waals surface area contributed by atoms with Crippen LogP contribution in [0.4, 0.5) is 0 Å². The number of nitrogens with zero attached hydrogens (tertiary/aromatic N) is 2. The Morgan fingerprint density at radius 2 is 1.77 bits per heavy atom. The summed E-state index contributed by atoms with van der Waals surface area (Å²) >= 11 is 0. The number of rotatable bonds is 10. The molecule has 0 spiro atoms. The highest BCUT2D eigenvalue weighted by molar-refractivity contribution is 6.76. The molecule has 0 aliphatic rings. The van der Waals surface area contributed by atoms with Gasteiger partial charge in [0.25, 0.3) is 5.56 Å². The fourth-order valence-electron chi connectivity index (χ4n) is 3.35. The van der Waals surface area contributed by atoms with E-state index in [9.17, 15) is 4.79 Å². The first-order valence-electron chi connectivity index (χ1n) is 10.2. The molecule has 6 nitrogen and oxygen atoms in total. The lowest BCUT2D eigenvalue weighted by Gasteiger charge is -2.18. The fraction of sp³-hybridized carbons (Fsp3) is 0.435. The average molecular weight is 429 g/mol. The van der Waals surface area contributed by atoms with Crippen LogP contribution in [0.5, 0.6) is 0 Å². The topological polar surface area (TPSA) is 54.6 Å². The van der Waals surface area contributed by atoms with Gasteiger partial charge in [-0.1, -0.05) is 37.8 Å². The SMILES string of the molecule is COC(Cn1cc(-c2cc3ccccc3n2COCC[Si](C)(C)C)ccc1=O)OC. The molecule has 162 valence electrons. The molecule has 0 atom stereocenters. The normalized spacial score (nSPS) is 12.2. The van der Waals surface area contributed by atoms with Gasteiger partial charge in [0.15, 0.2) is 6.29 Å². The van der Waals surface area contributed by atoms with Crippen LogP contribution in [0.15, 0.2) is 53.5 Å². The third kappa shape index (κ3) is 5.49. The number of methoxy groups -OCH3 is 2. The van der Waals surface area contributed by atoms with Crippen LogP contribution < -0.4 is 5.56 Å². The molecule has 0 saturated carbocycles. The Balaban J connectivity index is 1.94. The van der Waals surface area contributed by atoms with E-state index in [1.54, 1.807) is 24.9 Å². The van der Waals surface area contributed by atoms with Crippen molar-refractivity contribution in [3.05, 3.63) is 59.0 Å². The summed E-state index contributed by atoms with van der Waals surface area (Å²) in [6.45, 7) is 8.61. The van der Waals surface area contributed by atoms with Crippen molar-refractivity contribution >= 4 is 19.0 Å². The summed E-state index contributed by atoms with van der Waals surface area (Å²) < 4.78 is 20.4. The number of benzene rings is 1. The number of para-hydroxylation sites is 1. The van der Waals surface area contributed by atoms with Crippen molar-refractivity contribution in [1.82, 2.24) is 9.13 Å². The van der Waals surface area contributed by atoms with Crippen LogP contribution in [0.25, 0.3) is 22.2 Å². The first-order valence-corrected chi connectivity index (χ1v) is 14.0. The van der Waals surface area contributed by atoms with Crippen molar-refractivity contribution in [2.45, 2.75) is 45.3 Å². The minimum atomic E-state index is -1.14. The maximum atomic E-state index is 12.4. The molecule has 3 rings (SSSR count). The predicted octanol–water partition coefficient (Wildman–Crippen LogP) is 4.40. The molecule has 1 aromatic carbocycles. The zero-order chi connectivity index (χ0) is 21.7. The Labute approximate surface area is 179 Å². The lowest BCUT2D eigenvalue weighted by Crippen LogP contribution is -2.28. The minimum Gasteiger partial charge on any atom is -0.361 e. The summed E-state index contributed by atoms with van der Waals surface area (Å²) in [7, 11) is 1.99. The Hall–Kier alpha value is -2.19. The summed E-state index contributed by atoms with van der Waals surface area (Å²) in [4.78, 5) is 12.4. The molecule has 0 saturated heterocycles. The highest BCUT2D eigenvalue weighted by atomic mass is 28.3. The second-order valence-electron chi connectivity index (χ2n) is 8.67. The van der Waals surface area contributed by atoms with Crippen LogP contribution in [0.2, 0.25) is 25.7 Å². The zero-order valence-corrected chi connectivity index (χ0v) is 19.6. The van der Waals surface area contributed by atoms with Gasteiger partial charge in [0.1, 0.15) is 6.73 Å². The molecule has 0 radical (unpaired) electrons. The standard InChI is InChI=1S/C23H32N2O4Si/c1-27-23(28-2)16-24-15-19(10-11-22(24)26)21-14-18-8-6-7-9-20(18)25(21)17-29-12-13-30(3,4)5/h6-11,14-15,23H,12-13,16-17H2,1-5H3. The monoisotopic (exact) mass is 428 g/mol. The lowest BCUT2D eigenvalue weighted by molar-refractivity contribution is -0.111. The Bertz CT molecular complexity index is 1030. The van der Waals surface area contributed by atoms with Gasteiger partial charge >= 0.3 is 0 Å². The largest absolute Gasteiger partial charge is 0.361 e. The van der Waals surface area contributed by atoms with Crippen LogP contribution in [0.3, 0.4) is 0 Å². The van der Waals surface area contributed by atoms with Gasteiger partial charge in [-0.3, -0.25) is 4.79 Å². The molecule has 0 fully saturated rings. The summed E-state index contributed by atoms with van der Waals surface area (Å²) in [5, 5.41) is 1.14. The molecular weight excluding hydrogens is 396 g/mol. The van der Waals surface area contributed by atoms with Crippen LogP contribution in [-0.4, -0.2) is 44.3 Å². The molecule has 2 aromatic heterocycles. The minimum absolute atomic E-state index is 0.0908. The van der Waals surface area contributed by atoms with E-state index in [0.29, 0.717) is 13.3 Å². The second-order valence-corrected chi connectivity index (χ2v) is 14.3. The Morgan fingerprint density at radius 1 is 1.03 bits per heavy atom. The lowest BCUT2D eigenvalue weighted by atomic mass is 10.2. The van der Waals surface area contributed by atoms with Crippen molar-refractivity contribution in [2.75, 3.05) is 20.8 Å². The molecule has 0 aliphatic heterocycles. The first-order chi connectivity index (χ1) is 14.3.